The Morgan fingerprint density at radius 1 is 1.11 bits per heavy atom. The second-order valence-electron chi connectivity index (χ2n) is 6.08. The van der Waals surface area contributed by atoms with Gasteiger partial charge < -0.3 is 10.4 Å². The number of phenolic OH excluding ortho intramolecular Hbond substituents is 1. The molecule has 0 radical (unpaired) electrons. The molecule has 28 heavy (non-hydrogen) atoms. The summed E-state index contributed by atoms with van der Waals surface area (Å²) in [6.45, 7) is 2.05. The molecular formula is C20H16F2N2O3S. The van der Waals surface area contributed by atoms with E-state index in [0.717, 1.165) is 21.4 Å². The number of non-ortho nitro benzene ring substituents is 1. The van der Waals surface area contributed by atoms with Crippen molar-refractivity contribution in [1.29, 1.82) is 0 Å². The Hall–Kier alpha value is -3.13. The summed E-state index contributed by atoms with van der Waals surface area (Å²) >= 11 is 1.43. The van der Waals surface area contributed by atoms with Crippen LogP contribution in [0.2, 0.25) is 0 Å². The van der Waals surface area contributed by atoms with E-state index >= 15 is 0 Å². The highest BCUT2D eigenvalue weighted by Crippen LogP contribution is 2.34. The molecule has 5 nitrogen and oxygen atoms in total. The number of hydrogen-bond donors (Lipinski definition) is 2. The zero-order chi connectivity index (χ0) is 20.3. The van der Waals surface area contributed by atoms with Crippen LogP contribution < -0.4 is 5.32 Å². The van der Waals surface area contributed by atoms with Crippen molar-refractivity contribution in [2.45, 2.75) is 23.3 Å². The third kappa shape index (κ3) is 4.40. The molecule has 0 bridgehead atoms. The van der Waals surface area contributed by atoms with Crippen molar-refractivity contribution < 1.29 is 18.8 Å². The lowest BCUT2D eigenvalue weighted by Gasteiger charge is -2.13. The highest BCUT2D eigenvalue weighted by Gasteiger charge is 2.15. The van der Waals surface area contributed by atoms with Crippen LogP contribution in [0.15, 0.2) is 64.4 Å². The molecule has 0 amide bonds. The molecule has 3 rings (SSSR count). The molecule has 3 aromatic carbocycles. The van der Waals surface area contributed by atoms with Gasteiger partial charge in [0.15, 0.2) is 11.6 Å². The quantitative estimate of drug-likeness (QED) is 0.317. The van der Waals surface area contributed by atoms with Crippen LogP contribution in [0.25, 0.3) is 0 Å². The van der Waals surface area contributed by atoms with Crippen molar-refractivity contribution in [1.82, 2.24) is 0 Å². The summed E-state index contributed by atoms with van der Waals surface area (Å²) < 4.78 is 26.7. The van der Waals surface area contributed by atoms with E-state index in [1.165, 1.54) is 30.0 Å². The minimum absolute atomic E-state index is 0.00306. The van der Waals surface area contributed by atoms with Gasteiger partial charge >= 0.3 is 0 Å². The molecule has 0 saturated carbocycles. The summed E-state index contributed by atoms with van der Waals surface area (Å²) in [5.74, 6) is -3.34. The minimum atomic E-state index is -1.35. The van der Waals surface area contributed by atoms with Crippen molar-refractivity contribution in [3.63, 3.8) is 0 Å². The summed E-state index contributed by atoms with van der Waals surface area (Å²) in [6.07, 6.45) is 0. The lowest BCUT2D eigenvalue weighted by atomic mass is 10.2. The monoisotopic (exact) mass is 402 g/mol. The van der Waals surface area contributed by atoms with Crippen LogP contribution in [-0.2, 0) is 6.54 Å². The van der Waals surface area contributed by atoms with Crippen molar-refractivity contribution in [2.75, 3.05) is 5.32 Å². The van der Waals surface area contributed by atoms with Crippen LogP contribution >= 0.6 is 11.8 Å². The van der Waals surface area contributed by atoms with Crippen molar-refractivity contribution >= 4 is 23.1 Å². The highest BCUT2D eigenvalue weighted by atomic mass is 32.2. The number of nitro groups is 1. The normalized spacial score (nSPS) is 10.7. The number of halogens is 2. The Morgan fingerprint density at radius 2 is 1.82 bits per heavy atom. The van der Waals surface area contributed by atoms with E-state index in [4.69, 9.17) is 0 Å². The maximum absolute atomic E-state index is 13.5. The van der Waals surface area contributed by atoms with Crippen LogP contribution in [0, 0.1) is 28.7 Å². The maximum atomic E-state index is 13.5. The Morgan fingerprint density at radius 3 is 2.50 bits per heavy atom. The fourth-order valence-corrected chi connectivity index (χ4v) is 3.45. The molecule has 0 atom stereocenters. The number of rotatable bonds is 6. The SMILES string of the molecule is Cc1ccc(Sc2ccc([N+](=O)[O-])cc2CNc2ccc(F)c(F)c2O)cc1. The zero-order valence-electron chi connectivity index (χ0n) is 14.8. The van der Waals surface area contributed by atoms with Gasteiger partial charge in [0.2, 0.25) is 5.82 Å². The summed E-state index contributed by atoms with van der Waals surface area (Å²) in [6, 6.07) is 14.4. The summed E-state index contributed by atoms with van der Waals surface area (Å²) in [5.41, 5.74) is 1.61. The number of aryl methyl sites for hydroxylation is 1. The molecule has 3 aromatic rings. The van der Waals surface area contributed by atoms with Gasteiger partial charge in [-0.25, -0.2) is 4.39 Å². The molecular weight excluding hydrogens is 386 g/mol. The topological polar surface area (TPSA) is 75.4 Å². The molecule has 8 heteroatoms. The Kier molecular flexibility index (Phi) is 5.79. The highest BCUT2D eigenvalue weighted by molar-refractivity contribution is 7.99. The average molecular weight is 402 g/mol. The van der Waals surface area contributed by atoms with Crippen molar-refractivity contribution in [3.05, 3.63) is 87.5 Å². The Balaban J connectivity index is 1.89. The number of nitrogens with one attached hydrogen (secondary N) is 1. The van der Waals surface area contributed by atoms with Gasteiger partial charge in [0, 0.05) is 28.5 Å². The summed E-state index contributed by atoms with van der Waals surface area (Å²) in [7, 11) is 0. The number of anilines is 1. The molecule has 0 aromatic heterocycles. The number of hydrogen-bond acceptors (Lipinski definition) is 5. The van der Waals surface area contributed by atoms with Crippen LogP contribution in [-0.4, -0.2) is 10.0 Å². The second kappa shape index (κ2) is 8.26. The molecule has 0 spiro atoms. The largest absolute Gasteiger partial charge is 0.503 e. The molecule has 0 saturated heterocycles. The summed E-state index contributed by atoms with van der Waals surface area (Å²) in [5, 5.41) is 23.7. The number of nitro benzene ring substituents is 1. The van der Waals surface area contributed by atoms with Crippen LogP contribution in [0.1, 0.15) is 11.1 Å². The molecule has 0 fully saturated rings. The predicted octanol–water partition coefficient (Wildman–Crippen LogP) is 5.65. The number of phenols is 1. The van der Waals surface area contributed by atoms with Crippen molar-refractivity contribution in [3.8, 4) is 5.75 Å². The molecule has 0 aliphatic carbocycles. The number of nitrogens with zero attached hydrogens (tertiary/aromatic N) is 1. The molecule has 0 aliphatic heterocycles. The van der Waals surface area contributed by atoms with Gasteiger partial charge in [-0.05, 0) is 42.8 Å². The molecule has 2 N–H and O–H groups in total. The fourth-order valence-electron chi connectivity index (χ4n) is 2.52. The van der Waals surface area contributed by atoms with Crippen LogP contribution in [0.3, 0.4) is 0 Å². The Labute approximate surface area is 164 Å². The number of aromatic hydroxyl groups is 1. The van der Waals surface area contributed by atoms with Gasteiger partial charge in [-0.2, -0.15) is 4.39 Å². The van der Waals surface area contributed by atoms with E-state index in [1.807, 2.05) is 31.2 Å². The number of benzene rings is 3. The maximum Gasteiger partial charge on any atom is 0.269 e. The zero-order valence-corrected chi connectivity index (χ0v) is 15.6. The summed E-state index contributed by atoms with van der Waals surface area (Å²) in [4.78, 5) is 12.3. The minimum Gasteiger partial charge on any atom is -0.503 e. The molecule has 0 aliphatic rings. The van der Waals surface area contributed by atoms with E-state index in [-0.39, 0.29) is 17.9 Å². The van der Waals surface area contributed by atoms with Gasteiger partial charge in [-0.1, -0.05) is 29.5 Å². The molecule has 144 valence electrons. The van der Waals surface area contributed by atoms with E-state index in [1.54, 1.807) is 6.07 Å². The average Bonchev–Trinajstić information content (AvgIpc) is 2.68. The Bertz CT molecular complexity index is 1030. The van der Waals surface area contributed by atoms with Gasteiger partial charge in [0.25, 0.3) is 5.69 Å². The van der Waals surface area contributed by atoms with Crippen molar-refractivity contribution in [2.24, 2.45) is 0 Å². The van der Waals surface area contributed by atoms with Gasteiger partial charge in [0.1, 0.15) is 0 Å². The van der Waals surface area contributed by atoms with E-state index in [0.29, 0.717) is 5.56 Å². The third-order valence-corrected chi connectivity index (χ3v) is 5.17. The first-order chi connectivity index (χ1) is 13.3. The third-order valence-electron chi connectivity index (χ3n) is 4.04. The lowest BCUT2D eigenvalue weighted by molar-refractivity contribution is -0.385. The fraction of sp³-hybridized carbons (Fsp3) is 0.100. The van der Waals surface area contributed by atoms with Gasteiger partial charge in [-0.15, -0.1) is 0 Å². The van der Waals surface area contributed by atoms with Gasteiger partial charge in [0.05, 0.1) is 10.6 Å². The van der Waals surface area contributed by atoms with Gasteiger partial charge in [-0.3, -0.25) is 10.1 Å². The first-order valence-corrected chi connectivity index (χ1v) is 9.09. The van der Waals surface area contributed by atoms with E-state index in [2.05, 4.69) is 5.32 Å². The predicted molar refractivity (Wildman–Crippen MR) is 104 cm³/mol. The standard InChI is InChI=1S/C20H16F2N2O3S/c1-12-2-5-15(6-3-12)28-18-9-4-14(24(26)27)10-13(18)11-23-17-8-7-16(21)19(22)20(17)25/h2-10,23,25H,11H2,1H3. The smallest absolute Gasteiger partial charge is 0.269 e. The van der Waals surface area contributed by atoms with E-state index in [9.17, 15) is 24.0 Å². The van der Waals surface area contributed by atoms with Crippen LogP contribution in [0.5, 0.6) is 5.75 Å². The van der Waals surface area contributed by atoms with E-state index < -0.39 is 22.3 Å². The first kappa shape index (κ1) is 19.6. The second-order valence-corrected chi connectivity index (χ2v) is 7.19. The lowest BCUT2D eigenvalue weighted by Crippen LogP contribution is -2.03. The molecule has 0 unspecified atom stereocenters. The molecule has 0 heterocycles. The van der Waals surface area contributed by atoms with Crippen LogP contribution in [0.4, 0.5) is 20.2 Å². The first-order valence-electron chi connectivity index (χ1n) is 8.28.